The zero-order valence-corrected chi connectivity index (χ0v) is 19.7. The minimum Gasteiger partial charge on any atom is -0.493 e. The summed E-state index contributed by atoms with van der Waals surface area (Å²) >= 11 is 2.36. The molecule has 1 aliphatic rings. The number of carbonyl (C=O) groups is 3. The van der Waals surface area contributed by atoms with E-state index in [1.165, 1.54) is 11.8 Å². The molecule has 0 unspecified atom stereocenters. The Labute approximate surface area is 195 Å². The summed E-state index contributed by atoms with van der Waals surface area (Å²) in [7, 11) is 1.54. The third-order valence-electron chi connectivity index (χ3n) is 4.63. The van der Waals surface area contributed by atoms with E-state index < -0.39 is 0 Å². The van der Waals surface area contributed by atoms with Crippen LogP contribution in [0.4, 0.5) is 4.79 Å². The number of imide groups is 1. The van der Waals surface area contributed by atoms with Crippen LogP contribution < -0.4 is 14.8 Å². The SMILES string of the molecule is CCOc1ccc(/C=C2\SC(=O)N(CCNC(=O)c3ccccc3SC)C2=O)cc1OC. The summed E-state index contributed by atoms with van der Waals surface area (Å²) in [4.78, 5) is 39.9. The summed E-state index contributed by atoms with van der Waals surface area (Å²) < 4.78 is 10.8. The van der Waals surface area contributed by atoms with Crippen molar-refractivity contribution < 1.29 is 23.9 Å². The van der Waals surface area contributed by atoms with E-state index in [4.69, 9.17) is 9.47 Å². The zero-order chi connectivity index (χ0) is 23.1. The molecule has 2 aromatic rings. The minimum absolute atomic E-state index is 0.0990. The summed E-state index contributed by atoms with van der Waals surface area (Å²) in [6, 6.07) is 12.6. The van der Waals surface area contributed by atoms with E-state index in [1.54, 1.807) is 43.5 Å². The molecular weight excluding hydrogens is 448 g/mol. The topological polar surface area (TPSA) is 84.9 Å². The van der Waals surface area contributed by atoms with Crippen molar-refractivity contribution in [3.63, 3.8) is 0 Å². The Bertz CT molecular complexity index is 1050. The highest BCUT2D eigenvalue weighted by atomic mass is 32.2. The van der Waals surface area contributed by atoms with Crippen LogP contribution in [0.25, 0.3) is 6.08 Å². The highest BCUT2D eigenvalue weighted by molar-refractivity contribution is 8.18. The van der Waals surface area contributed by atoms with Gasteiger partial charge in [-0.2, -0.15) is 0 Å². The molecule has 3 amide bonds. The Balaban J connectivity index is 1.64. The minimum atomic E-state index is -0.383. The van der Waals surface area contributed by atoms with Crippen LogP contribution in [0.1, 0.15) is 22.8 Å². The number of amides is 3. The van der Waals surface area contributed by atoms with Crippen LogP contribution in [0.15, 0.2) is 52.3 Å². The number of hydrogen-bond donors (Lipinski definition) is 1. The maximum absolute atomic E-state index is 12.7. The maximum atomic E-state index is 12.7. The highest BCUT2D eigenvalue weighted by Crippen LogP contribution is 2.34. The Morgan fingerprint density at radius 1 is 1.19 bits per heavy atom. The molecule has 0 bridgehead atoms. The average Bonchev–Trinajstić information content (AvgIpc) is 3.07. The predicted octanol–water partition coefficient (Wildman–Crippen LogP) is 4.28. The lowest BCUT2D eigenvalue weighted by Gasteiger charge is -2.13. The van der Waals surface area contributed by atoms with Gasteiger partial charge >= 0.3 is 0 Å². The van der Waals surface area contributed by atoms with Crippen molar-refractivity contribution in [2.75, 3.05) is 33.1 Å². The van der Waals surface area contributed by atoms with Crippen LogP contribution in [0.5, 0.6) is 11.5 Å². The molecule has 0 radical (unpaired) electrons. The van der Waals surface area contributed by atoms with Crippen molar-refractivity contribution in [1.29, 1.82) is 0 Å². The Kier molecular flexibility index (Phi) is 8.24. The Hall–Kier alpha value is -2.91. The van der Waals surface area contributed by atoms with Crippen molar-refractivity contribution in [2.24, 2.45) is 0 Å². The van der Waals surface area contributed by atoms with Crippen LogP contribution in [-0.4, -0.2) is 55.0 Å². The van der Waals surface area contributed by atoms with E-state index in [1.807, 2.05) is 25.3 Å². The molecule has 7 nitrogen and oxygen atoms in total. The second kappa shape index (κ2) is 11.1. The molecule has 1 aliphatic heterocycles. The van der Waals surface area contributed by atoms with Crippen LogP contribution in [0, 0.1) is 0 Å². The lowest BCUT2D eigenvalue weighted by Crippen LogP contribution is -2.37. The van der Waals surface area contributed by atoms with Gasteiger partial charge in [0.1, 0.15) is 0 Å². The van der Waals surface area contributed by atoms with E-state index in [0.717, 1.165) is 27.1 Å². The molecule has 0 atom stereocenters. The van der Waals surface area contributed by atoms with Gasteiger partial charge in [-0.15, -0.1) is 11.8 Å². The monoisotopic (exact) mass is 472 g/mol. The fraction of sp³-hybridized carbons (Fsp3) is 0.261. The first-order valence-corrected chi connectivity index (χ1v) is 12.0. The molecular formula is C23H24N2O5S2. The molecule has 1 saturated heterocycles. The van der Waals surface area contributed by atoms with Gasteiger partial charge in [0.05, 0.1) is 24.2 Å². The maximum Gasteiger partial charge on any atom is 0.293 e. The summed E-state index contributed by atoms with van der Waals surface area (Å²) in [5.74, 6) is 0.540. The van der Waals surface area contributed by atoms with Crippen molar-refractivity contribution in [3.8, 4) is 11.5 Å². The molecule has 9 heteroatoms. The number of nitrogens with zero attached hydrogens (tertiary/aromatic N) is 1. The Morgan fingerprint density at radius 3 is 2.69 bits per heavy atom. The number of methoxy groups -OCH3 is 1. The molecule has 1 fully saturated rings. The molecule has 2 aromatic carbocycles. The first-order chi connectivity index (χ1) is 15.5. The first kappa shape index (κ1) is 23.7. The first-order valence-electron chi connectivity index (χ1n) is 9.96. The average molecular weight is 473 g/mol. The third kappa shape index (κ3) is 5.46. The van der Waals surface area contributed by atoms with Crippen molar-refractivity contribution >= 4 is 46.7 Å². The zero-order valence-electron chi connectivity index (χ0n) is 18.0. The fourth-order valence-electron chi connectivity index (χ4n) is 3.10. The van der Waals surface area contributed by atoms with Gasteiger partial charge in [0.15, 0.2) is 11.5 Å². The predicted molar refractivity (Wildman–Crippen MR) is 127 cm³/mol. The van der Waals surface area contributed by atoms with Gasteiger partial charge in [-0.1, -0.05) is 18.2 Å². The summed E-state index contributed by atoms with van der Waals surface area (Å²) in [5.41, 5.74) is 1.29. The van der Waals surface area contributed by atoms with E-state index in [2.05, 4.69) is 5.32 Å². The molecule has 1 N–H and O–H groups in total. The molecule has 0 aromatic heterocycles. The van der Waals surface area contributed by atoms with Gasteiger partial charge < -0.3 is 14.8 Å². The van der Waals surface area contributed by atoms with E-state index in [0.29, 0.717) is 28.6 Å². The largest absolute Gasteiger partial charge is 0.493 e. The van der Waals surface area contributed by atoms with E-state index >= 15 is 0 Å². The fourth-order valence-corrected chi connectivity index (χ4v) is 4.56. The lowest BCUT2D eigenvalue weighted by molar-refractivity contribution is -0.122. The summed E-state index contributed by atoms with van der Waals surface area (Å²) in [6.07, 6.45) is 3.55. The smallest absolute Gasteiger partial charge is 0.293 e. The second-order valence-electron chi connectivity index (χ2n) is 6.63. The van der Waals surface area contributed by atoms with E-state index in [-0.39, 0.29) is 30.1 Å². The Morgan fingerprint density at radius 2 is 1.97 bits per heavy atom. The van der Waals surface area contributed by atoms with Crippen LogP contribution >= 0.6 is 23.5 Å². The van der Waals surface area contributed by atoms with Crippen LogP contribution in [0.3, 0.4) is 0 Å². The molecule has 168 valence electrons. The van der Waals surface area contributed by atoms with Gasteiger partial charge in [0.25, 0.3) is 17.1 Å². The van der Waals surface area contributed by atoms with E-state index in [9.17, 15) is 14.4 Å². The molecule has 0 spiro atoms. The van der Waals surface area contributed by atoms with Gasteiger partial charge in [-0.3, -0.25) is 19.3 Å². The highest BCUT2D eigenvalue weighted by Gasteiger charge is 2.34. The van der Waals surface area contributed by atoms with Crippen molar-refractivity contribution in [2.45, 2.75) is 11.8 Å². The number of thioether (sulfide) groups is 2. The summed E-state index contributed by atoms with van der Waals surface area (Å²) in [5, 5.41) is 2.42. The second-order valence-corrected chi connectivity index (χ2v) is 8.47. The molecule has 32 heavy (non-hydrogen) atoms. The van der Waals surface area contributed by atoms with Crippen molar-refractivity contribution in [3.05, 3.63) is 58.5 Å². The normalized spacial score (nSPS) is 14.7. The molecule has 3 rings (SSSR count). The van der Waals surface area contributed by atoms with Gasteiger partial charge in [0.2, 0.25) is 0 Å². The number of hydrogen-bond acceptors (Lipinski definition) is 7. The number of ether oxygens (including phenoxy) is 2. The van der Waals surface area contributed by atoms with Gasteiger partial charge in [-0.05, 0) is 60.8 Å². The number of carbonyl (C=O) groups excluding carboxylic acids is 3. The number of benzene rings is 2. The number of rotatable bonds is 9. The lowest BCUT2D eigenvalue weighted by atomic mass is 10.2. The quantitative estimate of drug-likeness (QED) is 0.431. The van der Waals surface area contributed by atoms with Crippen LogP contribution in [-0.2, 0) is 4.79 Å². The molecule has 0 aliphatic carbocycles. The van der Waals surface area contributed by atoms with Crippen LogP contribution in [0.2, 0.25) is 0 Å². The third-order valence-corrected chi connectivity index (χ3v) is 6.33. The molecule has 0 saturated carbocycles. The number of nitrogens with one attached hydrogen (secondary N) is 1. The molecule has 1 heterocycles. The van der Waals surface area contributed by atoms with Crippen molar-refractivity contribution in [1.82, 2.24) is 10.2 Å². The van der Waals surface area contributed by atoms with Gasteiger partial charge in [-0.25, -0.2) is 0 Å². The standard InChI is InChI=1S/C23H24N2O5S2/c1-4-30-17-10-9-15(13-18(17)29-2)14-20-22(27)25(23(28)32-20)12-11-24-21(26)16-7-5-6-8-19(16)31-3/h5-10,13-14H,4,11-12H2,1-3H3,(H,24,26)/b20-14-. The summed E-state index contributed by atoms with van der Waals surface area (Å²) in [6.45, 7) is 2.66. The van der Waals surface area contributed by atoms with Gasteiger partial charge in [0, 0.05) is 18.0 Å².